The van der Waals surface area contributed by atoms with E-state index in [2.05, 4.69) is 42.1 Å². The lowest BCUT2D eigenvalue weighted by molar-refractivity contribution is 0.593. The summed E-state index contributed by atoms with van der Waals surface area (Å²) >= 11 is 7.12. The summed E-state index contributed by atoms with van der Waals surface area (Å²) in [5.41, 5.74) is 0. The summed E-state index contributed by atoms with van der Waals surface area (Å²) in [6.45, 7) is 4.30. The Bertz CT molecular complexity index is 567. The van der Waals surface area contributed by atoms with Crippen LogP contribution in [0.25, 0.3) is 10.1 Å². The van der Waals surface area contributed by atoms with Gasteiger partial charge in [0.05, 0.1) is 4.70 Å². The zero-order valence-electron chi connectivity index (χ0n) is 12.1. The van der Waals surface area contributed by atoms with Crippen LogP contribution in [0, 0.1) is 4.64 Å². The van der Waals surface area contributed by atoms with Crippen LogP contribution in [0.15, 0.2) is 23.7 Å². The average molecular weight is 252 g/mol. The second-order valence-corrected chi connectivity index (χ2v) is 4.63. The van der Waals surface area contributed by atoms with Gasteiger partial charge in [0.15, 0.2) is 0 Å². The van der Waals surface area contributed by atoms with E-state index < -0.39 is 9.68 Å². The molecule has 0 aliphatic heterocycles. The minimum Gasteiger partial charge on any atom is -0.336 e. The van der Waals surface area contributed by atoms with E-state index in [0.717, 1.165) is 4.64 Å². The molecule has 0 atom stereocenters. The van der Waals surface area contributed by atoms with Gasteiger partial charge in [0.25, 0.3) is 5.11 Å². The molecule has 0 radical (unpaired) electrons. The normalized spacial score (nSPS) is 15.1. The van der Waals surface area contributed by atoms with Crippen molar-refractivity contribution < 1.29 is 0 Å². The van der Waals surface area contributed by atoms with E-state index in [4.69, 9.17) is 17.3 Å². The number of pyridine rings is 1. The van der Waals surface area contributed by atoms with Crippen molar-refractivity contribution in [1.29, 1.82) is 5.11 Å². The van der Waals surface area contributed by atoms with Crippen LogP contribution in [0.2, 0.25) is 0 Å². The molecule has 0 fully saturated rings. The van der Waals surface area contributed by atoms with Crippen LogP contribution < -0.4 is 0 Å². The molecule has 0 saturated heterocycles. The maximum absolute atomic E-state index is 6.05. The molecule has 2 heterocycles. The first-order valence-electron chi connectivity index (χ1n) is 6.07. The molecule has 0 spiro atoms. The van der Waals surface area contributed by atoms with Gasteiger partial charge in [-0.1, -0.05) is 12.2 Å². The number of nitrogens with zero attached hydrogens (tertiary/aromatic N) is 1. The largest absolute Gasteiger partial charge is 0.336 e. The highest BCUT2D eigenvalue weighted by atomic mass is 32.1. The number of hydrogen-bond acceptors (Lipinski definition) is 2. The maximum atomic E-state index is 6.05. The second-order valence-electron chi connectivity index (χ2n) is 3.33. The van der Waals surface area contributed by atoms with E-state index in [9.17, 15) is 0 Å². The van der Waals surface area contributed by atoms with Crippen LogP contribution >= 0.6 is 33.2 Å². The van der Waals surface area contributed by atoms with Crippen molar-refractivity contribution in [3.05, 3.63) is 28.4 Å². The lowest BCUT2D eigenvalue weighted by Crippen LogP contribution is -2.01. The number of hydrogen-bond donors (Lipinski definition) is 0. The first-order valence-corrected chi connectivity index (χ1v) is 5.57. The molecule has 14 heavy (non-hydrogen) atoms. The highest BCUT2D eigenvalue weighted by molar-refractivity contribution is 7.71. The lowest BCUT2D eigenvalue weighted by Gasteiger charge is -2.10. The first-order chi connectivity index (χ1) is 8.20. The Morgan fingerprint density at radius 2 is 2.29 bits per heavy atom. The van der Waals surface area contributed by atoms with Gasteiger partial charge in [-0.3, -0.25) is 0 Å². The van der Waals surface area contributed by atoms with Gasteiger partial charge in [0, 0.05) is 12.2 Å². The van der Waals surface area contributed by atoms with Crippen molar-refractivity contribution >= 4 is 43.3 Å². The highest BCUT2D eigenvalue weighted by Crippen LogP contribution is 2.23. The maximum Gasteiger partial charge on any atom is 0.260 e. The third kappa shape index (κ3) is 1.90. The highest BCUT2D eigenvalue weighted by Gasteiger charge is 2.02. The molecule has 4 heteroatoms. The van der Waals surface area contributed by atoms with Crippen LogP contribution in [0.5, 0.6) is 0 Å². The molecule has 0 aliphatic rings. The fourth-order valence-electron chi connectivity index (χ4n) is 1.38. The van der Waals surface area contributed by atoms with Gasteiger partial charge >= 0.3 is 0 Å². The van der Waals surface area contributed by atoms with Gasteiger partial charge in [-0.15, -0.1) is 11.3 Å². The fourth-order valence-corrected chi connectivity index (χ4v) is 2.74. The van der Waals surface area contributed by atoms with Gasteiger partial charge < -0.3 is 4.57 Å². The Hall–Kier alpha value is -0.240. The molecule has 1 nitrogen and oxygen atoms in total. The first kappa shape index (κ1) is 7.10. The topological polar surface area (TPSA) is 4.93 Å². The molecule has 2 aromatic heterocycles. The summed E-state index contributed by atoms with van der Waals surface area (Å²) in [5.74, 6) is 0. The zero-order valence-corrected chi connectivity index (χ0v) is 10.6. The smallest absolute Gasteiger partial charge is 0.260 e. The molecule has 0 aromatic carbocycles. The van der Waals surface area contributed by atoms with Crippen LogP contribution in [0.4, 0.5) is 0 Å². The van der Waals surface area contributed by atoms with Crippen molar-refractivity contribution in [2.45, 2.75) is 19.9 Å². The minimum absolute atomic E-state index is 0.444. The molecule has 0 amide bonds. The zero-order chi connectivity index (χ0) is 13.9. The van der Waals surface area contributed by atoms with Crippen LogP contribution in [0.3, 0.4) is 0 Å². The standard InChI is InChI=1S/C10H11NS2.H3P/c1-7(2)11-5-3-8-4-6-13-9(8)10(11)12;/h3-7H,1-2H3;1H3/p+1/i;1T3/hT. The van der Waals surface area contributed by atoms with E-state index in [1.54, 1.807) is 11.3 Å². The Morgan fingerprint density at radius 3 is 2.93 bits per heavy atom. The predicted molar refractivity (Wildman–Crippen MR) is 73.5 cm³/mol. The molecule has 0 unspecified atom stereocenters. The van der Waals surface area contributed by atoms with E-state index in [-0.39, 0.29) is 0 Å². The summed E-state index contributed by atoms with van der Waals surface area (Å²) in [5, 5.41) is 3.34. The van der Waals surface area contributed by atoms with Crippen molar-refractivity contribution in [3.8, 4) is 0 Å². The minimum atomic E-state index is -3.39. The molecule has 2 rings (SSSR count). The molecule has 0 saturated carbocycles. The van der Waals surface area contributed by atoms with Gasteiger partial charge in [0.1, 0.15) is 4.64 Å². The number of aromatic nitrogens is 1. The molecular weight excluding hydrogens is 229 g/mol. The Morgan fingerprint density at radius 1 is 1.57 bits per heavy atom. The number of fused-ring (bicyclic) bond motifs is 1. The quantitative estimate of drug-likeness (QED) is 0.552. The van der Waals surface area contributed by atoms with Crippen LogP contribution in [-0.2, 0) is 0 Å². The molecule has 0 N–H and O–H groups in total. The average Bonchev–Trinajstić information content (AvgIpc) is 2.63. The Balaban J connectivity index is 0.000000280. The van der Waals surface area contributed by atoms with Gasteiger partial charge in [-0.25, -0.2) is 0 Å². The van der Waals surface area contributed by atoms with Crippen molar-refractivity contribution in [3.63, 3.8) is 0 Å². The van der Waals surface area contributed by atoms with Gasteiger partial charge in [-0.05, 0) is 46.4 Å². The van der Waals surface area contributed by atoms with Crippen molar-refractivity contribution in [1.82, 2.24) is 4.57 Å². The van der Waals surface area contributed by atoms with E-state index in [1.165, 1.54) is 10.1 Å². The lowest BCUT2D eigenvalue weighted by atomic mass is 10.3. The van der Waals surface area contributed by atoms with Gasteiger partial charge in [-0.2, -0.15) is 0 Å². The summed E-state index contributed by atoms with van der Waals surface area (Å²) in [6.07, 6.45) is 2.07. The van der Waals surface area contributed by atoms with E-state index in [1.807, 2.05) is 0 Å². The summed E-state index contributed by atoms with van der Waals surface area (Å²) < 4.78 is 28.5. The summed E-state index contributed by atoms with van der Waals surface area (Å²) in [4.78, 5) is 0. The molecule has 76 valence electrons. The van der Waals surface area contributed by atoms with Crippen LogP contribution in [-0.4, -0.2) is 9.68 Å². The van der Waals surface area contributed by atoms with E-state index in [0.29, 0.717) is 6.04 Å². The molecular formula is C10H15NPS2+. The Kier molecular flexibility index (Phi) is 2.29. The third-order valence-corrected chi connectivity index (χ3v) is 3.58. The summed E-state index contributed by atoms with van der Waals surface area (Å²) in [7, 11) is -3.39. The number of thiophene rings is 1. The SMILES string of the molecule is CC(C)n1ccc2ccsc2c1=S.[3H][P+]([3H])([3H])[3H]. The fraction of sp³-hybridized carbons (Fsp3) is 0.300. The van der Waals surface area contributed by atoms with Gasteiger partial charge in [0.2, 0.25) is 0 Å². The second kappa shape index (κ2) is 4.52. The molecule has 0 bridgehead atoms. The summed E-state index contributed by atoms with van der Waals surface area (Å²) in [6, 6.07) is 4.68. The van der Waals surface area contributed by atoms with Crippen LogP contribution in [0.1, 0.15) is 19.9 Å². The van der Waals surface area contributed by atoms with E-state index >= 15 is 0 Å². The monoisotopic (exact) mass is 252 g/mol. The van der Waals surface area contributed by atoms with Crippen molar-refractivity contribution in [2.75, 3.05) is 0 Å². The molecule has 0 aliphatic carbocycles. The van der Waals surface area contributed by atoms with Crippen molar-refractivity contribution in [2.24, 2.45) is 0 Å². The third-order valence-electron chi connectivity index (χ3n) is 2.10. The predicted octanol–water partition coefficient (Wildman–Crippen LogP) is 3.80. The molecule has 2 aromatic rings. The Labute approximate surface area is 102 Å². The number of rotatable bonds is 1.